The minimum absolute atomic E-state index is 0.427. The number of hydrogen-bond acceptors (Lipinski definition) is 2. The summed E-state index contributed by atoms with van der Waals surface area (Å²) in [6.45, 7) is 4.56. The van der Waals surface area contributed by atoms with Crippen LogP contribution in [0, 0.1) is 13.8 Å². The molecule has 4 rings (SSSR count). The number of fused-ring (bicyclic) bond motifs is 1. The molecule has 0 spiro atoms. The van der Waals surface area contributed by atoms with Gasteiger partial charge in [-0.05, 0) is 54.8 Å². The second-order valence-corrected chi connectivity index (χ2v) is 7.81. The molecule has 1 N–H and O–H groups in total. The third-order valence-corrected chi connectivity index (χ3v) is 5.84. The molecule has 5 heteroatoms. The standard InChI is InChI=1S/C23H20Cl2N2O/c1-14-11-20-21(12-15(14)2)27(13-17-18(24)9-6-10-19(17)25)23(26-20)22(28)16-7-4-3-5-8-16/h3-12,22,28H,13H2,1-2H3. The van der Waals surface area contributed by atoms with Crippen LogP contribution in [-0.4, -0.2) is 14.7 Å². The quantitative estimate of drug-likeness (QED) is 0.441. The second-order valence-electron chi connectivity index (χ2n) is 6.99. The zero-order chi connectivity index (χ0) is 19.8. The van der Waals surface area contributed by atoms with Gasteiger partial charge in [0.05, 0.1) is 17.6 Å². The van der Waals surface area contributed by atoms with Crippen molar-refractivity contribution in [3.8, 4) is 0 Å². The Morgan fingerprint density at radius 3 is 2.25 bits per heavy atom. The summed E-state index contributed by atoms with van der Waals surface area (Å²) in [6.07, 6.45) is -0.851. The number of benzene rings is 3. The smallest absolute Gasteiger partial charge is 0.143 e. The molecule has 1 aromatic heterocycles. The third-order valence-electron chi connectivity index (χ3n) is 5.13. The molecule has 0 aliphatic heterocycles. The Hall–Kier alpha value is -2.33. The van der Waals surface area contributed by atoms with Gasteiger partial charge in [0.2, 0.25) is 0 Å². The number of aryl methyl sites for hydroxylation is 2. The Labute approximate surface area is 174 Å². The number of imidazole rings is 1. The number of aliphatic hydroxyl groups is 1. The number of rotatable bonds is 4. The van der Waals surface area contributed by atoms with Crippen LogP contribution in [0.4, 0.5) is 0 Å². The van der Waals surface area contributed by atoms with Gasteiger partial charge in [-0.1, -0.05) is 59.6 Å². The zero-order valence-electron chi connectivity index (χ0n) is 15.7. The number of halogens is 2. The van der Waals surface area contributed by atoms with Crippen LogP contribution in [0.3, 0.4) is 0 Å². The molecule has 1 heterocycles. The highest BCUT2D eigenvalue weighted by atomic mass is 35.5. The highest BCUT2D eigenvalue weighted by molar-refractivity contribution is 6.36. The number of aromatic nitrogens is 2. The van der Waals surface area contributed by atoms with Gasteiger partial charge >= 0.3 is 0 Å². The fourth-order valence-electron chi connectivity index (χ4n) is 3.40. The Balaban J connectivity index is 1.92. The molecule has 0 aliphatic carbocycles. The fraction of sp³-hybridized carbons (Fsp3) is 0.174. The highest BCUT2D eigenvalue weighted by Crippen LogP contribution is 2.31. The molecule has 0 bridgehead atoms. The molecule has 0 aliphatic rings. The largest absolute Gasteiger partial charge is 0.380 e. The zero-order valence-corrected chi connectivity index (χ0v) is 17.2. The molecule has 0 saturated carbocycles. The molecular weight excluding hydrogens is 391 g/mol. The van der Waals surface area contributed by atoms with E-state index < -0.39 is 6.10 Å². The third kappa shape index (κ3) is 3.42. The molecular formula is C23H20Cl2N2O. The maximum atomic E-state index is 11.1. The lowest BCUT2D eigenvalue weighted by atomic mass is 10.1. The topological polar surface area (TPSA) is 38.1 Å². The summed E-state index contributed by atoms with van der Waals surface area (Å²) in [5.74, 6) is 0.571. The van der Waals surface area contributed by atoms with Gasteiger partial charge in [0, 0.05) is 15.6 Å². The molecule has 28 heavy (non-hydrogen) atoms. The van der Waals surface area contributed by atoms with Gasteiger partial charge in [-0.3, -0.25) is 0 Å². The summed E-state index contributed by atoms with van der Waals surface area (Å²) >= 11 is 12.8. The van der Waals surface area contributed by atoms with E-state index in [1.54, 1.807) is 0 Å². The molecule has 0 fully saturated rings. The second kappa shape index (κ2) is 7.59. The number of hydrogen-bond donors (Lipinski definition) is 1. The first-order valence-electron chi connectivity index (χ1n) is 9.09. The molecule has 1 unspecified atom stereocenters. The first kappa shape index (κ1) is 19.0. The van der Waals surface area contributed by atoms with Crippen LogP contribution < -0.4 is 0 Å². The van der Waals surface area contributed by atoms with Gasteiger partial charge in [0.25, 0.3) is 0 Å². The van der Waals surface area contributed by atoms with E-state index in [1.807, 2.05) is 53.1 Å². The molecule has 0 amide bonds. The van der Waals surface area contributed by atoms with E-state index in [-0.39, 0.29) is 0 Å². The molecule has 4 aromatic rings. The van der Waals surface area contributed by atoms with Gasteiger partial charge in [-0.25, -0.2) is 4.98 Å². The number of nitrogens with zero attached hydrogens (tertiary/aromatic N) is 2. The van der Waals surface area contributed by atoms with E-state index in [4.69, 9.17) is 28.2 Å². The van der Waals surface area contributed by atoms with Crippen LogP contribution in [-0.2, 0) is 6.54 Å². The van der Waals surface area contributed by atoms with Crippen molar-refractivity contribution in [1.82, 2.24) is 9.55 Å². The summed E-state index contributed by atoms with van der Waals surface area (Å²) < 4.78 is 2.01. The molecule has 3 aromatic carbocycles. The van der Waals surface area contributed by atoms with Crippen molar-refractivity contribution in [2.75, 3.05) is 0 Å². The monoisotopic (exact) mass is 410 g/mol. The molecule has 0 radical (unpaired) electrons. The van der Waals surface area contributed by atoms with Crippen LogP contribution in [0.2, 0.25) is 10.0 Å². The Kier molecular flexibility index (Phi) is 5.15. The molecule has 3 nitrogen and oxygen atoms in total. The Bertz CT molecular complexity index is 1130. The Morgan fingerprint density at radius 2 is 1.57 bits per heavy atom. The number of aliphatic hydroxyl groups excluding tert-OH is 1. The summed E-state index contributed by atoms with van der Waals surface area (Å²) in [5, 5.41) is 12.3. The lowest BCUT2D eigenvalue weighted by Gasteiger charge is -2.16. The van der Waals surface area contributed by atoms with Crippen LogP contribution in [0.5, 0.6) is 0 Å². The van der Waals surface area contributed by atoms with Gasteiger partial charge in [-0.15, -0.1) is 0 Å². The summed E-state index contributed by atoms with van der Waals surface area (Å²) in [6, 6.07) is 19.2. The van der Waals surface area contributed by atoms with E-state index in [9.17, 15) is 5.11 Å². The maximum Gasteiger partial charge on any atom is 0.143 e. The molecule has 142 valence electrons. The van der Waals surface area contributed by atoms with Crippen molar-refractivity contribution in [2.45, 2.75) is 26.5 Å². The van der Waals surface area contributed by atoms with Gasteiger partial charge < -0.3 is 9.67 Å². The van der Waals surface area contributed by atoms with Crippen molar-refractivity contribution in [3.63, 3.8) is 0 Å². The van der Waals surface area contributed by atoms with Crippen LogP contribution in [0.15, 0.2) is 60.7 Å². The highest BCUT2D eigenvalue weighted by Gasteiger charge is 2.21. The van der Waals surface area contributed by atoms with Crippen LogP contribution in [0.25, 0.3) is 11.0 Å². The Morgan fingerprint density at radius 1 is 0.929 bits per heavy atom. The lowest BCUT2D eigenvalue weighted by Crippen LogP contribution is -2.11. The van der Waals surface area contributed by atoms with E-state index in [2.05, 4.69) is 26.0 Å². The van der Waals surface area contributed by atoms with Crippen molar-refractivity contribution >= 4 is 34.2 Å². The fourth-order valence-corrected chi connectivity index (χ4v) is 3.92. The molecule has 0 saturated heterocycles. The maximum absolute atomic E-state index is 11.1. The van der Waals surface area contributed by atoms with Crippen LogP contribution in [0.1, 0.15) is 34.2 Å². The first-order chi connectivity index (χ1) is 13.5. The van der Waals surface area contributed by atoms with Gasteiger partial charge in [0.1, 0.15) is 11.9 Å². The first-order valence-corrected chi connectivity index (χ1v) is 9.84. The predicted octanol–water partition coefficient (Wildman–Crippen LogP) is 6.09. The average Bonchev–Trinajstić information content (AvgIpc) is 3.02. The predicted molar refractivity (Wildman–Crippen MR) is 115 cm³/mol. The lowest BCUT2D eigenvalue weighted by molar-refractivity contribution is 0.206. The van der Waals surface area contributed by atoms with Gasteiger partial charge in [0.15, 0.2) is 0 Å². The minimum atomic E-state index is -0.851. The van der Waals surface area contributed by atoms with Gasteiger partial charge in [-0.2, -0.15) is 0 Å². The summed E-state index contributed by atoms with van der Waals surface area (Å²) in [5.41, 5.74) is 5.72. The average molecular weight is 411 g/mol. The van der Waals surface area contributed by atoms with Crippen LogP contribution >= 0.6 is 23.2 Å². The van der Waals surface area contributed by atoms with Crippen molar-refractivity contribution in [3.05, 3.63) is 98.8 Å². The van der Waals surface area contributed by atoms with E-state index in [0.29, 0.717) is 22.4 Å². The normalized spacial score (nSPS) is 12.5. The van der Waals surface area contributed by atoms with Crippen molar-refractivity contribution in [1.29, 1.82) is 0 Å². The summed E-state index contributed by atoms with van der Waals surface area (Å²) in [7, 11) is 0. The summed E-state index contributed by atoms with van der Waals surface area (Å²) in [4.78, 5) is 4.77. The van der Waals surface area contributed by atoms with E-state index >= 15 is 0 Å². The minimum Gasteiger partial charge on any atom is -0.380 e. The SMILES string of the molecule is Cc1cc2nc(C(O)c3ccccc3)n(Cc3c(Cl)cccc3Cl)c2cc1C. The van der Waals surface area contributed by atoms with Crippen molar-refractivity contribution in [2.24, 2.45) is 0 Å². The molecule has 1 atom stereocenters. The van der Waals surface area contributed by atoms with E-state index in [1.165, 1.54) is 5.56 Å². The van der Waals surface area contributed by atoms with Crippen molar-refractivity contribution < 1.29 is 5.11 Å². The van der Waals surface area contributed by atoms with E-state index in [0.717, 1.165) is 27.7 Å².